The predicted octanol–water partition coefficient (Wildman–Crippen LogP) is 3.66. The highest BCUT2D eigenvalue weighted by molar-refractivity contribution is 6.38. The van der Waals surface area contributed by atoms with Gasteiger partial charge in [-0.1, -0.05) is 17.7 Å². The second-order valence-electron chi connectivity index (χ2n) is 7.40. The number of aromatic amines is 1. The number of carbonyl (C=O) groups is 1. The van der Waals surface area contributed by atoms with E-state index < -0.39 is 12.7 Å². The van der Waals surface area contributed by atoms with Crippen molar-refractivity contribution >= 4 is 45.3 Å². The molecule has 0 saturated heterocycles. The lowest BCUT2D eigenvalue weighted by Crippen LogP contribution is -2.25. The Morgan fingerprint density at radius 2 is 2.10 bits per heavy atom. The molecular formula is C19H15ClF3N7O. The highest BCUT2D eigenvalue weighted by Crippen LogP contribution is 2.39. The number of aromatic nitrogens is 5. The van der Waals surface area contributed by atoms with Gasteiger partial charge in [-0.15, -0.1) is 0 Å². The molecule has 0 aliphatic heterocycles. The van der Waals surface area contributed by atoms with Crippen molar-refractivity contribution in [3.8, 4) is 11.4 Å². The summed E-state index contributed by atoms with van der Waals surface area (Å²) in [5.74, 6) is -0.220. The number of fused-ring (bicyclic) bond motifs is 2. The number of alkyl halides is 3. The Hall–Kier alpha value is -3.34. The minimum Gasteiger partial charge on any atom is -0.383 e. The molecule has 1 saturated carbocycles. The number of halogens is 4. The van der Waals surface area contributed by atoms with E-state index >= 15 is 0 Å². The molecule has 5 rings (SSSR count). The Kier molecular flexibility index (Phi) is 4.33. The van der Waals surface area contributed by atoms with Crippen molar-refractivity contribution in [2.24, 2.45) is 0 Å². The molecule has 0 spiro atoms. The first-order chi connectivity index (χ1) is 14.7. The number of hydrogen-bond donors (Lipinski definition) is 3. The lowest BCUT2D eigenvalue weighted by molar-refractivity contribution is -0.141. The minimum atomic E-state index is -4.51. The normalized spacial score (nSPS) is 14.5. The summed E-state index contributed by atoms with van der Waals surface area (Å²) >= 11 is 6.53. The van der Waals surface area contributed by atoms with Gasteiger partial charge in [-0.05, 0) is 25.0 Å². The van der Waals surface area contributed by atoms with Crippen LogP contribution in [0.2, 0.25) is 5.02 Å². The topological polar surface area (TPSA) is 115 Å². The van der Waals surface area contributed by atoms with Gasteiger partial charge >= 0.3 is 6.18 Å². The standard InChI is InChI=1S/C19H15ClF3N7O/c20-13-10-4-1-8(18(31)27-9-2-3-9)5-11(10)28-15(13)14-12-16(24)25-7-26-17(12)30(29-14)6-19(21,22)23/h1,4-5,7,9,28H,2-3,6H2,(H,27,31)(H2,24,25,26). The summed E-state index contributed by atoms with van der Waals surface area (Å²) < 4.78 is 39.8. The lowest BCUT2D eigenvalue weighted by Gasteiger charge is -2.06. The molecule has 160 valence electrons. The summed E-state index contributed by atoms with van der Waals surface area (Å²) in [5, 5.41) is 7.98. The molecule has 1 aliphatic rings. The molecule has 3 aromatic heterocycles. The lowest BCUT2D eigenvalue weighted by atomic mass is 10.1. The molecule has 1 fully saturated rings. The monoisotopic (exact) mass is 449 g/mol. The van der Waals surface area contributed by atoms with E-state index in [1.807, 2.05) is 0 Å². The van der Waals surface area contributed by atoms with Gasteiger partial charge < -0.3 is 16.0 Å². The van der Waals surface area contributed by atoms with Gasteiger partial charge in [-0.2, -0.15) is 18.3 Å². The maximum atomic E-state index is 13.0. The summed E-state index contributed by atoms with van der Waals surface area (Å²) in [4.78, 5) is 23.2. The third kappa shape index (κ3) is 3.54. The highest BCUT2D eigenvalue weighted by Gasteiger charge is 2.32. The number of hydrogen-bond acceptors (Lipinski definition) is 5. The van der Waals surface area contributed by atoms with E-state index in [0.29, 0.717) is 16.5 Å². The molecule has 12 heteroatoms. The summed E-state index contributed by atoms with van der Waals surface area (Å²) in [6.45, 7) is -1.34. The Labute approximate surface area is 177 Å². The first kappa shape index (κ1) is 19.6. The Morgan fingerprint density at radius 3 is 2.81 bits per heavy atom. The number of amides is 1. The van der Waals surface area contributed by atoms with E-state index in [9.17, 15) is 18.0 Å². The Bertz CT molecular complexity index is 1340. The second-order valence-corrected chi connectivity index (χ2v) is 7.78. The van der Waals surface area contributed by atoms with Crippen LogP contribution in [0.15, 0.2) is 24.5 Å². The van der Waals surface area contributed by atoms with Crippen LogP contribution in [-0.2, 0) is 6.54 Å². The van der Waals surface area contributed by atoms with Gasteiger partial charge in [-0.3, -0.25) is 4.79 Å². The van der Waals surface area contributed by atoms with Crippen LogP contribution >= 0.6 is 11.6 Å². The van der Waals surface area contributed by atoms with E-state index in [1.54, 1.807) is 18.2 Å². The largest absolute Gasteiger partial charge is 0.408 e. The fourth-order valence-electron chi connectivity index (χ4n) is 3.45. The number of nitrogens with zero attached hydrogens (tertiary/aromatic N) is 4. The van der Waals surface area contributed by atoms with Crippen LogP contribution in [-0.4, -0.2) is 42.9 Å². The van der Waals surface area contributed by atoms with Gasteiger partial charge in [0, 0.05) is 22.5 Å². The van der Waals surface area contributed by atoms with E-state index in [0.717, 1.165) is 23.9 Å². The molecule has 4 aromatic rings. The molecule has 8 nitrogen and oxygen atoms in total. The number of benzene rings is 1. The molecule has 0 bridgehead atoms. The van der Waals surface area contributed by atoms with Gasteiger partial charge in [-0.25, -0.2) is 14.6 Å². The number of rotatable bonds is 4. The number of carbonyl (C=O) groups excluding carboxylic acids is 1. The predicted molar refractivity (Wildman–Crippen MR) is 109 cm³/mol. The Balaban J connectivity index is 1.64. The van der Waals surface area contributed by atoms with Gasteiger partial charge in [0.1, 0.15) is 24.4 Å². The molecule has 31 heavy (non-hydrogen) atoms. The quantitative estimate of drug-likeness (QED) is 0.440. The zero-order chi connectivity index (χ0) is 21.9. The Morgan fingerprint density at radius 1 is 1.32 bits per heavy atom. The van der Waals surface area contributed by atoms with E-state index in [1.165, 1.54) is 0 Å². The zero-order valence-corrected chi connectivity index (χ0v) is 16.6. The van der Waals surface area contributed by atoms with Crippen LogP contribution in [0.4, 0.5) is 19.0 Å². The van der Waals surface area contributed by atoms with Crippen LogP contribution in [0.5, 0.6) is 0 Å². The minimum absolute atomic E-state index is 0.0207. The van der Waals surface area contributed by atoms with Crippen molar-refractivity contribution in [1.82, 2.24) is 30.0 Å². The first-order valence-electron chi connectivity index (χ1n) is 9.37. The molecule has 4 N–H and O–H groups in total. The number of nitrogens with two attached hydrogens (primary N) is 1. The summed E-state index contributed by atoms with van der Waals surface area (Å²) in [6, 6.07) is 5.16. The van der Waals surface area contributed by atoms with E-state index in [4.69, 9.17) is 17.3 Å². The van der Waals surface area contributed by atoms with E-state index in [2.05, 4.69) is 25.4 Å². The zero-order valence-electron chi connectivity index (χ0n) is 15.8. The number of H-pyrrole nitrogens is 1. The SMILES string of the molecule is Nc1ncnc2c1c(-c1[nH]c3cc(C(=O)NC4CC4)ccc3c1Cl)nn2CC(F)(F)F. The first-order valence-corrected chi connectivity index (χ1v) is 9.75. The average Bonchev–Trinajstić information content (AvgIpc) is 3.36. The fourth-order valence-corrected chi connectivity index (χ4v) is 3.75. The maximum absolute atomic E-state index is 13.0. The van der Waals surface area contributed by atoms with Crippen LogP contribution in [0.3, 0.4) is 0 Å². The number of nitrogen functional groups attached to an aromatic ring is 1. The summed E-state index contributed by atoms with van der Waals surface area (Å²) in [5.41, 5.74) is 7.23. The molecule has 0 atom stereocenters. The van der Waals surface area contributed by atoms with Crippen molar-refractivity contribution in [3.63, 3.8) is 0 Å². The van der Waals surface area contributed by atoms with Crippen LogP contribution < -0.4 is 11.1 Å². The van der Waals surface area contributed by atoms with Crippen molar-refractivity contribution in [2.45, 2.75) is 31.6 Å². The van der Waals surface area contributed by atoms with Gasteiger partial charge in [0.25, 0.3) is 5.91 Å². The molecule has 1 aliphatic carbocycles. The van der Waals surface area contributed by atoms with Crippen LogP contribution in [0, 0.1) is 0 Å². The third-order valence-corrected chi connectivity index (χ3v) is 5.43. The molecule has 1 aromatic carbocycles. The average molecular weight is 450 g/mol. The second kappa shape index (κ2) is 6.84. The van der Waals surface area contributed by atoms with Crippen molar-refractivity contribution in [2.75, 3.05) is 5.73 Å². The van der Waals surface area contributed by atoms with Crippen molar-refractivity contribution < 1.29 is 18.0 Å². The molecule has 1 amide bonds. The summed E-state index contributed by atoms with van der Waals surface area (Å²) in [7, 11) is 0. The smallest absolute Gasteiger partial charge is 0.383 e. The fraction of sp³-hybridized carbons (Fsp3) is 0.263. The van der Waals surface area contributed by atoms with Crippen LogP contribution in [0.25, 0.3) is 33.3 Å². The molecule has 3 heterocycles. The van der Waals surface area contributed by atoms with Gasteiger partial charge in [0.2, 0.25) is 0 Å². The van der Waals surface area contributed by atoms with E-state index in [-0.39, 0.29) is 45.2 Å². The molecule has 0 radical (unpaired) electrons. The maximum Gasteiger partial charge on any atom is 0.408 e. The van der Waals surface area contributed by atoms with Crippen molar-refractivity contribution in [3.05, 3.63) is 35.1 Å². The summed E-state index contributed by atoms with van der Waals surface area (Å²) in [6.07, 6.45) is -1.51. The van der Waals surface area contributed by atoms with Crippen LogP contribution in [0.1, 0.15) is 23.2 Å². The van der Waals surface area contributed by atoms with Crippen molar-refractivity contribution in [1.29, 1.82) is 0 Å². The molecular weight excluding hydrogens is 435 g/mol. The van der Waals surface area contributed by atoms with Gasteiger partial charge in [0.15, 0.2) is 5.65 Å². The number of anilines is 1. The third-order valence-electron chi connectivity index (χ3n) is 5.03. The number of nitrogens with one attached hydrogen (secondary N) is 2. The highest BCUT2D eigenvalue weighted by atomic mass is 35.5. The van der Waals surface area contributed by atoms with Gasteiger partial charge in [0.05, 0.1) is 16.1 Å². The molecule has 0 unspecified atom stereocenters.